The highest BCUT2D eigenvalue weighted by molar-refractivity contribution is 5.90. The van der Waals surface area contributed by atoms with Crippen molar-refractivity contribution in [2.75, 3.05) is 19.7 Å². The Morgan fingerprint density at radius 2 is 2.12 bits per heavy atom. The third kappa shape index (κ3) is 2.20. The van der Waals surface area contributed by atoms with Crippen LogP contribution in [-0.2, 0) is 9.53 Å². The minimum Gasteiger partial charge on any atom is -0.461 e. The molecular formula is C11H18N4O2. The van der Waals surface area contributed by atoms with Gasteiger partial charge in [0.25, 0.3) is 0 Å². The highest BCUT2D eigenvalue weighted by atomic mass is 16.5. The molecule has 0 spiro atoms. The second kappa shape index (κ2) is 4.65. The molecule has 94 valence electrons. The van der Waals surface area contributed by atoms with Crippen molar-refractivity contribution in [2.45, 2.75) is 19.8 Å². The molecule has 0 aromatic rings. The number of carbonyl (C=O) groups excluding carboxylic acids is 1. The molecule has 0 amide bonds. The summed E-state index contributed by atoms with van der Waals surface area (Å²) in [6.07, 6.45) is 1.99. The van der Waals surface area contributed by atoms with Crippen LogP contribution >= 0.6 is 0 Å². The molecule has 4 N–H and O–H groups in total. The number of nitrogens with zero attached hydrogens (tertiary/aromatic N) is 2. The lowest BCUT2D eigenvalue weighted by Crippen LogP contribution is -2.43. The van der Waals surface area contributed by atoms with Crippen LogP contribution in [-0.4, -0.2) is 36.5 Å². The van der Waals surface area contributed by atoms with Crippen molar-refractivity contribution in [1.82, 2.24) is 4.90 Å². The van der Waals surface area contributed by atoms with Gasteiger partial charge in [-0.15, -0.1) is 0 Å². The zero-order chi connectivity index (χ0) is 12.4. The Morgan fingerprint density at radius 1 is 1.47 bits per heavy atom. The topological polar surface area (TPSA) is 93.9 Å². The van der Waals surface area contributed by atoms with Gasteiger partial charge in [0, 0.05) is 19.0 Å². The number of allylic oxidation sites excluding steroid dienone is 1. The van der Waals surface area contributed by atoms with E-state index < -0.39 is 0 Å². The molecule has 3 aliphatic heterocycles. The Kier molecular flexibility index (Phi) is 3.21. The summed E-state index contributed by atoms with van der Waals surface area (Å²) in [5.41, 5.74) is 12.1. The van der Waals surface area contributed by atoms with Gasteiger partial charge < -0.3 is 21.1 Å². The first-order valence-electron chi connectivity index (χ1n) is 5.89. The van der Waals surface area contributed by atoms with Gasteiger partial charge in [0.1, 0.15) is 5.70 Å². The normalized spacial score (nSPS) is 19.5. The third-order valence-corrected chi connectivity index (χ3v) is 3.16. The number of guanidine groups is 1. The van der Waals surface area contributed by atoms with Gasteiger partial charge in [-0.2, -0.15) is 0 Å². The van der Waals surface area contributed by atoms with E-state index in [0.717, 1.165) is 25.9 Å². The maximum atomic E-state index is 11.9. The third-order valence-electron chi connectivity index (χ3n) is 3.16. The number of carbonyl (C=O) groups is 1. The molecule has 2 bridgehead atoms. The summed E-state index contributed by atoms with van der Waals surface area (Å²) in [7, 11) is 0. The zero-order valence-corrected chi connectivity index (χ0v) is 9.98. The molecular weight excluding hydrogens is 220 g/mol. The van der Waals surface area contributed by atoms with Crippen molar-refractivity contribution in [3.63, 3.8) is 0 Å². The van der Waals surface area contributed by atoms with Crippen LogP contribution in [0.5, 0.6) is 0 Å². The lowest BCUT2D eigenvalue weighted by atomic mass is 9.87. The number of piperidine rings is 1. The van der Waals surface area contributed by atoms with E-state index in [1.54, 1.807) is 6.92 Å². The van der Waals surface area contributed by atoms with E-state index in [9.17, 15) is 4.79 Å². The first-order chi connectivity index (χ1) is 8.13. The lowest BCUT2D eigenvalue weighted by molar-refractivity contribution is -0.141. The fraction of sp³-hybridized carbons (Fsp3) is 0.636. The average molecular weight is 238 g/mol. The fourth-order valence-corrected chi connectivity index (χ4v) is 2.45. The Bertz CT molecular complexity index is 377. The Labute approximate surface area is 100 Å². The van der Waals surface area contributed by atoms with Crippen molar-refractivity contribution < 1.29 is 9.53 Å². The number of rotatable bonds is 3. The van der Waals surface area contributed by atoms with E-state index in [4.69, 9.17) is 16.2 Å². The number of ether oxygens (including phenoxy) is 1. The number of hydrogen-bond acceptors (Lipinski definition) is 4. The molecule has 6 heteroatoms. The summed E-state index contributed by atoms with van der Waals surface area (Å²) in [6.45, 7) is 3.90. The second-order valence-corrected chi connectivity index (χ2v) is 4.25. The summed E-state index contributed by atoms with van der Waals surface area (Å²) >= 11 is 0. The SMILES string of the molecule is CCOC(=O)C1=C(N=C(N)N)C2CCN1CC2. The van der Waals surface area contributed by atoms with Gasteiger partial charge in [0.15, 0.2) is 5.96 Å². The quantitative estimate of drug-likeness (QED) is 0.402. The van der Waals surface area contributed by atoms with Crippen molar-refractivity contribution in [3.8, 4) is 0 Å². The molecule has 0 aromatic carbocycles. The van der Waals surface area contributed by atoms with Crippen LogP contribution in [0.25, 0.3) is 0 Å². The molecule has 3 rings (SSSR count). The molecule has 1 fully saturated rings. The maximum absolute atomic E-state index is 11.9. The number of fused-ring (bicyclic) bond motifs is 2. The van der Waals surface area contributed by atoms with E-state index in [0.29, 0.717) is 18.0 Å². The predicted octanol–water partition coefficient (Wildman–Crippen LogP) is -0.240. The van der Waals surface area contributed by atoms with Crippen LogP contribution in [0.15, 0.2) is 16.4 Å². The first-order valence-corrected chi connectivity index (χ1v) is 5.89. The van der Waals surface area contributed by atoms with E-state index in [-0.39, 0.29) is 17.8 Å². The molecule has 0 unspecified atom stereocenters. The summed E-state index contributed by atoms with van der Waals surface area (Å²) in [6, 6.07) is 0. The van der Waals surface area contributed by atoms with Gasteiger partial charge in [-0.25, -0.2) is 9.79 Å². The average Bonchev–Trinajstić information content (AvgIpc) is 2.29. The molecule has 6 nitrogen and oxygen atoms in total. The summed E-state index contributed by atoms with van der Waals surface area (Å²) < 4.78 is 5.06. The van der Waals surface area contributed by atoms with E-state index in [1.807, 2.05) is 4.90 Å². The van der Waals surface area contributed by atoms with Crippen LogP contribution in [0, 0.1) is 5.92 Å². The van der Waals surface area contributed by atoms with Crippen molar-refractivity contribution >= 4 is 11.9 Å². The van der Waals surface area contributed by atoms with Gasteiger partial charge >= 0.3 is 5.97 Å². The molecule has 0 aliphatic carbocycles. The number of hydrogen-bond donors (Lipinski definition) is 2. The minimum atomic E-state index is -0.322. The second-order valence-electron chi connectivity index (χ2n) is 4.25. The highest BCUT2D eigenvalue weighted by Crippen LogP contribution is 2.36. The highest BCUT2D eigenvalue weighted by Gasteiger charge is 2.37. The Morgan fingerprint density at radius 3 is 2.65 bits per heavy atom. The van der Waals surface area contributed by atoms with Crippen LogP contribution in [0.1, 0.15) is 19.8 Å². The molecule has 1 saturated heterocycles. The van der Waals surface area contributed by atoms with Gasteiger partial charge in [-0.3, -0.25) is 0 Å². The maximum Gasteiger partial charge on any atom is 0.356 e. The van der Waals surface area contributed by atoms with Crippen molar-refractivity contribution in [1.29, 1.82) is 0 Å². The Hall–Kier alpha value is -1.72. The smallest absolute Gasteiger partial charge is 0.356 e. The van der Waals surface area contributed by atoms with Gasteiger partial charge in [0.2, 0.25) is 0 Å². The Balaban J connectivity index is 2.38. The molecule has 0 saturated carbocycles. The standard InChI is InChI=1S/C11H18N4O2/c1-2-17-10(16)9-8(14-11(12)13)7-3-5-15(9)6-4-7/h7H,2-6H2,1H3,(H4,12,13,14). The first kappa shape index (κ1) is 11.8. The van der Waals surface area contributed by atoms with Gasteiger partial charge in [-0.05, 0) is 19.8 Å². The van der Waals surface area contributed by atoms with E-state index in [2.05, 4.69) is 4.99 Å². The zero-order valence-electron chi connectivity index (χ0n) is 9.98. The van der Waals surface area contributed by atoms with Crippen LogP contribution in [0.4, 0.5) is 0 Å². The van der Waals surface area contributed by atoms with Crippen LogP contribution < -0.4 is 11.5 Å². The fourth-order valence-electron chi connectivity index (χ4n) is 2.45. The van der Waals surface area contributed by atoms with Crippen LogP contribution in [0.3, 0.4) is 0 Å². The lowest BCUT2D eigenvalue weighted by Gasteiger charge is -2.41. The largest absolute Gasteiger partial charge is 0.461 e. The van der Waals surface area contributed by atoms with Crippen molar-refractivity contribution in [3.05, 3.63) is 11.4 Å². The van der Waals surface area contributed by atoms with Crippen molar-refractivity contribution in [2.24, 2.45) is 22.4 Å². The van der Waals surface area contributed by atoms with Gasteiger partial charge in [-0.1, -0.05) is 0 Å². The molecule has 0 aromatic heterocycles. The van der Waals surface area contributed by atoms with E-state index in [1.165, 1.54) is 0 Å². The molecule has 3 heterocycles. The summed E-state index contributed by atoms with van der Waals surface area (Å²) in [4.78, 5) is 18.0. The molecule has 0 atom stereocenters. The van der Waals surface area contributed by atoms with Crippen LogP contribution in [0.2, 0.25) is 0 Å². The minimum absolute atomic E-state index is 0.00412. The number of nitrogens with two attached hydrogens (primary N) is 2. The molecule has 17 heavy (non-hydrogen) atoms. The summed E-state index contributed by atoms with van der Waals surface area (Å²) in [5, 5.41) is 0. The molecule has 3 aliphatic rings. The predicted molar refractivity (Wildman–Crippen MR) is 63.8 cm³/mol. The summed E-state index contributed by atoms with van der Waals surface area (Å²) in [5.74, 6) is -0.0473. The van der Waals surface area contributed by atoms with E-state index >= 15 is 0 Å². The number of aliphatic imine (C=N–C) groups is 1. The molecule has 0 radical (unpaired) electrons. The monoisotopic (exact) mass is 238 g/mol. The number of esters is 1. The van der Waals surface area contributed by atoms with Gasteiger partial charge in [0.05, 0.1) is 12.3 Å².